The fraction of sp³-hybridized carbons (Fsp3) is 0.143. The number of hydrogen-bond acceptors (Lipinski definition) is 1. The highest BCUT2D eigenvalue weighted by molar-refractivity contribution is 5.18. The summed E-state index contributed by atoms with van der Waals surface area (Å²) in [7, 11) is 0. The molecule has 1 nitrogen and oxygen atoms in total. The van der Waals surface area contributed by atoms with Crippen LogP contribution in [0.25, 0.3) is 0 Å². The van der Waals surface area contributed by atoms with Crippen molar-refractivity contribution in [2.24, 2.45) is 0 Å². The molecule has 0 heterocycles. The van der Waals surface area contributed by atoms with Crippen molar-refractivity contribution in [2.75, 3.05) is 0 Å². The van der Waals surface area contributed by atoms with Crippen molar-refractivity contribution in [1.29, 1.82) is 0 Å². The molecule has 0 atom stereocenters. The Morgan fingerprint density at radius 1 is 1.00 bits per heavy atom. The van der Waals surface area contributed by atoms with E-state index in [1.807, 2.05) is 6.07 Å². The molecule has 9 heavy (non-hydrogen) atoms. The Bertz CT molecular complexity index is 139. The standard InChI is InChI=1S/C6H6O.CH4.HI/c7-6-4-2-1-3-5-6;;/h1-5,7H;1H4;1H/p-1. The highest BCUT2D eigenvalue weighted by Crippen LogP contribution is 2.02. The average Bonchev–Trinajstić information content (AvgIpc) is 1.69. The van der Waals surface area contributed by atoms with Crippen LogP contribution in [0.15, 0.2) is 30.3 Å². The monoisotopic (exact) mass is 237 g/mol. The van der Waals surface area contributed by atoms with Gasteiger partial charge < -0.3 is 29.1 Å². The molecule has 0 bridgehead atoms. The van der Waals surface area contributed by atoms with Gasteiger partial charge in [0.2, 0.25) is 0 Å². The topological polar surface area (TPSA) is 20.2 Å². The zero-order valence-corrected chi connectivity index (χ0v) is 6.37. The third kappa shape index (κ3) is 4.27. The van der Waals surface area contributed by atoms with Crippen LogP contribution < -0.4 is 24.0 Å². The van der Waals surface area contributed by atoms with Crippen LogP contribution in [0.1, 0.15) is 7.43 Å². The first-order valence-corrected chi connectivity index (χ1v) is 2.13. The number of aromatic hydroxyl groups is 1. The lowest BCUT2D eigenvalue weighted by Crippen LogP contribution is -3.00. The Labute approximate surface area is 72.7 Å². The van der Waals surface area contributed by atoms with Crippen molar-refractivity contribution in [3.8, 4) is 5.75 Å². The first-order chi connectivity index (χ1) is 3.39. The lowest BCUT2D eigenvalue weighted by atomic mass is 10.3. The van der Waals surface area contributed by atoms with Gasteiger partial charge in [-0.2, -0.15) is 0 Å². The van der Waals surface area contributed by atoms with E-state index in [-0.39, 0.29) is 31.4 Å². The van der Waals surface area contributed by atoms with Crippen molar-refractivity contribution in [3.63, 3.8) is 0 Å². The van der Waals surface area contributed by atoms with Gasteiger partial charge in [0.25, 0.3) is 0 Å². The number of rotatable bonds is 0. The van der Waals surface area contributed by atoms with E-state index in [1.54, 1.807) is 24.3 Å². The highest BCUT2D eigenvalue weighted by atomic mass is 127. The molecule has 0 spiro atoms. The van der Waals surface area contributed by atoms with E-state index in [0.717, 1.165) is 0 Å². The van der Waals surface area contributed by atoms with Gasteiger partial charge in [0, 0.05) is 0 Å². The van der Waals surface area contributed by atoms with Crippen molar-refractivity contribution in [1.82, 2.24) is 0 Å². The van der Waals surface area contributed by atoms with Crippen molar-refractivity contribution in [3.05, 3.63) is 30.3 Å². The van der Waals surface area contributed by atoms with E-state index in [1.165, 1.54) is 0 Å². The van der Waals surface area contributed by atoms with E-state index < -0.39 is 0 Å². The van der Waals surface area contributed by atoms with Crippen LogP contribution in [0, 0.1) is 0 Å². The Kier molecular flexibility index (Phi) is 7.53. The molecule has 1 N–H and O–H groups in total. The predicted octanol–water partition coefficient (Wildman–Crippen LogP) is -0.968. The maximum atomic E-state index is 8.63. The summed E-state index contributed by atoms with van der Waals surface area (Å²) in [5.74, 6) is 0.322. The second kappa shape index (κ2) is 5.88. The minimum atomic E-state index is 0. The Morgan fingerprint density at radius 2 is 1.44 bits per heavy atom. The number of benzene rings is 1. The first kappa shape index (κ1) is 11.5. The minimum absolute atomic E-state index is 0. The van der Waals surface area contributed by atoms with E-state index in [4.69, 9.17) is 5.11 Å². The molecule has 0 saturated heterocycles. The molecule has 0 amide bonds. The second-order valence-electron chi connectivity index (χ2n) is 1.34. The normalized spacial score (nSPS) is 6.67. The summed E-state index contributed by atoms with van der Waals surface area (Å²) in [5.41, 5.74) is 0. The van der Waals surface area contributed by atoms with E-state index in [9.17, 15) is 0 Å². The lowest BCUT2D eigenvalue weighted by molar-refractivity contribution is -0.00000287. The van der Waals surface area contributed by atoms with Crippen LogP contribution in [0.3, 0.4) is 0 Å². The summed E-state index contributed by atoms with van der Waals surface area (Å²) in [4.78, 5) is 0. The minimum Gasteiger partial charge on any atom is -1.00 e. The van der Waals surface area contributed by atoms with Gasteiger partial charge in [-0.05, 0) is 12.1 Å². The van der Waals surface area contributed by atoms with Gasteiger partial charge in [-0.15, -0.1) is 0 Å². The van der Waals surface area contributed by atoms with Crippen LogP contribution in [0.2, 0.25) is 0 Å². The maximum Gasteiger partial charge on any atom is 0.115 e. The molecule has 1 rings (SSSR count). The molecule has 0 saturated carbocycles. The van der Waals surface area contributed by atoms with Gasteiger partial charge in [0.05, 0.1) is 0 Å². The summed E-state index contributed by atoms with van der Waals surface area (Å²) in [6.07, 6.45) is 0. The van der Waals surface area contributed by atoms with Crippen molar-refractivity contribution >= 4 is 0 Å². The van der Waals surface area contributed by atoms with Crippen LogP contribution in [0.5, 0.6) is 5.75 Å². The van der Waals surface area contributed by atoms with Crippen molar-refractivity contribution in [2.45, 2.75) is 7.43 Å². The highest BCUT2D eigenvalue weighted by Gasteiger charge is 1.74. The van der Waals surface area contributed by atoms with Crippen LogP contribution >= 0.6 is 0 Å². The molecule has 1 aromatic rings. The zero-order valence-electron chi connectivity index (χ0n) is 4.21. The number of halogens is 1. The molecule has 0 aromatic heterocycles. The number of hydrogen-bond donors (Lipinski definition) is 1. The number of phenols is 1. The van der Waals surface area contributed by atoms with Gasteiger partial charge in [0.1, 0.15) is 5.75 Å². The molecule has 0 aliphatic heterocycles. The smallest absolute Gasteiger partial charge is 0.115 e. The number of phenolic OH excluding ortho intramolecular Hbond substituents is 1. The van der Waals surface area contributed by atoms with E-state index >= 15 is 0 Å². The molecule has 0 aliphatic rings. The third-order valence-electron chi connectivity index (χ3n) is 0.756. The predicted molar refractivity (Wildman–Crippen MR) is 34.8 cm³/mol. The number of para-hydroxylation sites is 1. The molecule has 1 aromatic carbocycles. The third-order valence-corrected chi connectivity index (χ3v) is 0.756. The Hall–Kier alpha value is -0.250. The average molecular weight is 237 g/mol. The summed E-state index contributed by atoms with van der Waals surface area (Å²) >= 11 is 0. The zero-order chi connectivity index (χ0) is 5.11. The quantitative estimate of drug-likeness (QED) is 0.576. The first-order valence-electron chi connectivity index (χ1n) is 2.13. The van der Waals surface area contributed by atoms with Gasteiger partial charge in [-0.1, -0.05) is 25.6 Å². The van der Waals surface area contributed by atoms with Crippen LogP contribution in [-0.2, 0) is 0 Å². The molecule has 0 unspecified atom stereocenters. The SMILES string of the molecule is C.Oc1ccccc1.[I-]. The molecule has 0 fully saturated rings. The lowest BCUT2D eigenvalue weighted by Gasteiger charge is -1.82. The molecule has 0 radical (unpaired) electrons. The summed E-state index contributed by atoms with van der Waals surface area (Å²) in [6.45, 7) is 0. The van der Waals surface area contributed by atoms with Gasteiger partial charge in [0.15, 0.2) is 0 Å². The van der Waals surface area contributed by atoms with Gasteiger partial charge >= 0.3 is 0 Å². The molecule has 0 aliphatic carbocycles. The Balaban J connectivity index is 0. The van der Waals surface area contributed by atoms with Crippen LogP contribution in [0.4, 0.5) is 0 Å². The molecular formula is C7H10IO-. The maximum absolute atomic E-state index is 8.63. The second-order valence-corrected chi connectivity index (χ2v) is 1.34. The molecule has 2 heteroatoms. The fourth-order valence-corrected chi connectivity index (χ4v) is 0.428. The molecule has 52 valence electrons. The fourth-order valence-electron chi connectivity index (χ4n) is 0.428. The Morgan fingerprint density at radius 3 is 1.67 bits per heavy atom. The largest absolute Gasteiger partial charge is 1.00 e. The van der Waals surface area contributed by atoms with E-state index in [0.29, 0.717) is 5.75 Å². The van der Waals surface area contributed by atoms with Crippen LogP contribution in [-0.4, -0.2) is 5.11 Å². The van der Waals surface area contributed by atoms with Crippen molar-refractivity contribution < 1.29 is 29.1 Å². The van der Waals surface area contributed by atoms with Gasteiger partial charge in [-0.25, -0.2) is 0 Å². The summed E-state index contributed by atoms with van der Waals surface area (Å²) < 4.78 is 0. The summed E-state index contributed by atoms with van der Waals surface area (Å²) in [5, 5.41) is 8.63. The van der Waals surface area contributed by atoms with Gasteiger partial charge in [-0.3, -0.25) is 0 Å². The summed E-state index contributed by atoms with van der Waals surface area (Å²) in [6, 6.07) is 8.71. The molecular weight excluding hydrogens is 227 g/mol. The van der Waals surface area contributed by atoms with E-state index in [2.05, 4.69) is 0 Å².